The number of aromatic amines is 1. The fourth-order valence-electron chi connectivity index (χ4n) is 4.25. The molecule has 1 saturated heterocycles. The fraction of sp³-hybridized carbons (Fsp3) is 0.364. The standard InChI is InChI=1S/C22H22N4O3S/c27-17(11-12-26-18(28)9-10-19(26)29)25-22-20(13-5-1-4-8-16(13)30-22)21-23-14-6-2-3-7-15(14)24-21/h2-3,6-7H,1,4-5,8-12H2,(H,23,24)(H,25,27). The van der Waals surface area contributed by atoms with Crippen molar-refractivity contribution >= 4 is 45.1 Å². The van der Waals surface area contributed by atoms with Gasteiger partial charge in [0.2, 0.25) is 17.7 Å². The molecule has 3 amide bonds. The zero-order chi connectivity index (χ0) is 20.7. The van der Waals surface area contributed by atoms with Crippen LogP contribution in [0.1, 0.15) is 42.5 Å². The molecule has 1 aromatic carbocycles. The van der Waals surface area contributed by atoms with E-state index < -0.39 is 0 Å². The van der Waals surface area contributed by atoms with Crippen molar-refractivity contribution in [1.82, 2.24) is 14.9 Å². The Morgan fingerprint density at radius 3 is 2.67 bits per heavy atom. The van der Waals surface area contributed by atoms with Crippen LogP contribution in [0.3, 0.4) is 0 Å². The first-order valence-corrected chi connectivity index (χ1v) is 11.1. The average molecular weight is 423 g/mol. The second kappa shape index (κ2) is 7.68. The Morgan fingerprint density at radius 1 is 1.10 bits per heavy atom. The molecule has 154 valence electrons. The van der Waals surface area contributed by atoms with Gasteiger partial charge in [-0.3, -0.25) is 19.3 Å². The number of aryl methyl sites for hydroxylation is 1. The van der Waals surface area contributed by atoms with Gasteiger partial charge in [-0.1, -0.05) is 12.1 Å². The van der Waals surface area contributed by atoms with Crippen molar-refractivity contribution in [3.8, 4) is 11.4 Å². The number of imide groups is 1. The molecule has 7 nitrogen and oxygen atoms in total. The minimum atomic E-state index is -0.196. The van der Waals surface area contributed by atoms with Gasteiger partial charge in [-0.05, 0) is 43.4 Å². The number of likely N-dealkylation sites (tertiary alicyclic amines) is 1. The lowest BCUT2D eigenvalue weighted by atomic mass is 9.95. The largest absolute Gasteiger partial charge is 0.338 e. The van der Waals surface area contributed by atoms with Crippen molar-refractivity contribution in [1.29, 1.82) is 0 Å². The number of carbonyl (C=O) groups excluding carboxylic acids is 3. The second-order valence-corrected chi connectivity index (χ2v) is 8.86. The molecule has 0 saturated carbocycles. The first-order valence-electron chi connectivity index (χ1n) is 10.3. The topological polar surface area (TPSA) is 95.2 Å². The number of benzene rings is 1. The van der Waals surface area contributed by atoms with Crippen LogP contribution < -0.4 is 5.32 Å². The molecule has 3 aromatic rings. The number of imidazole rings is 1. The van der Waals surface area contributed by atoms with E-state index in [1.54, 1.807) is 11.3 Å². The van der Waals surface area contributed by atoms with Gasteiger partial charge in [-0.2, -0.15) is 0 Å². The van der Waals surface area contributed by atoms with Gasteiger partial charge in [-0.25, -0.2) is 4.98 Å². The van der Waals surface area contributed by atoms with Gasteiger partial charge in [0, 0.05) is 30.7 Å². The third-order valence-electron chi connectivity index (χ3n) is 5.77. The Labute approximate surface area is 177 Å². The molecule has 0 radical (unpaired) electrons. The summed E-state index contributed by atoms with van der Waals surface area (Å²) in [5.74, 6) is 0.193. The summed E-state index contributed by atoms with van der Waals surface area (Å²) in [7, 11) is 0. The summed E-state index contributed by atoms with van der Waals surface area (Å²) in [6.07, 6.45) is 4.86. The molecule has 0 atom stereocenters. The van der Waals surface area contributed by atoms with Gasteiger partial charge in [0.1, 0.15) is 10.8 Å². The normalized spacial score (nSPS) is 16.3. The van der Waals surface area contributed by atoms with Gasteiger partial charge < -0.3 is 10.3 Å². The molecule has 0 unspecified atom stereocenters. The third-order valence-corrected chi connectivity index (χ3v) is 6.97. The maximum atomic E-state index is 12.7. The van der Waals surface area contributed by atoms with E-state index in [0.29, 0.717) is 0 Å². The Hall–Kier alpha value is -3.00. The number of para-hydroxylation sites is 2. The lowest BCUT2D eigenvalue weighted by Gasteiger charge is -2.13. The van der Waals surface area contributed by atoms with Gasteiger partial charge in [0.05, 0.1) is 16.6 Å². The summed E-state index contributed by atoms with van der Waals surface area (Å²) < 4.78 is 0. The zero-order valence-electron chi connectivity index (χ0n) is 16.5. The smallest absolute Gasteiger partial charge is 0.229 e. The molecule has 2 aliphatic rings. The van der Waals surface area contributed by atoms with Crippen molar-refractivity contribution in [3.05, 3.63) is 34.7 Å². The summed E-state index contributed by atoms with van der Waals surface area (Å²) in [5.41, 5.74) is 4.11. The predicted molar refractivity (Wildman–Crippen MR) is 115 cm³/mol. The Bertz CT molecular complexity index is 1110. The van der Waals surface area contributed by atoms with Crippen molar-refractivity contribution in [3.63, 3.8) is 0 Å². The van der Waals surface area contributed by atoms with Crippen LogP contribution in [0.15, 0.2) is 24.3 Å². The van der Waals surface area contributed by atoms with Crippen molar-refractivity contribution < 1.29 is 14.4 Å². The van der Waals surface area contributed by atoms with Crippen LogP contribution in [0.4, 0.5) is 5.00 Å². The Morgan fingerprint density at radius 2 is 1.87 bits per heavy atom. The lowest BCUT2D eigenvalue weighted by molar-refractivity contribution is -0.138. The zero-order valence-corrected chi connectivity index (χ0v) is 17.3. The SMILES string of the molecule is O=C(CCN1C(=O)CCC1=O)Nc1sc2c(c1-c1nc3ccccc3[nH]1)CCCC2. The van der Waals surface area contributed by atoms with E-state index >= 15 is 0 Å². The van der Waals surface area contributed by atoms with Crippen molar-refractivity contribution in [2.24, 2.45) is 0 Å². The fourth-order valence-corrected chi connectivity index (χ4v) is 5.56. The van der Waals surface area contributed by atoms with E-state index in [1.165, 1.54) is 15.3 Å². The first kappa shape index (κ1) is 19.0. The number of carbonyl (C=O) groups is 3. The number of thiophene rings is 1. The highest BCUT2D eigenvalue weighted by Crippen LogP contribution is 2.43. The maximum absolute atomic E-state index is 12.7. The Kier molecular flexibility index (Phi) is 4.86. The van der Waals surface area contributed by atoms with Gasteiger partial charge in [0.25, 0.3) is 0 Å². The lowest BCUT2D eigenvalue weighted by Crippen LogP contribution is -2.32. The predicted octanol–water partition coefficient (Wildman–Crippen LogP) is 3.65. The van der Waals surface area contributed by atoms with Crippen molar-refractivity contribution in [2.75, 3.05) is 11.9 Å². The average Bonchev–Trinajstić information content (AvgIpc) is 3.41. The van der Waals surface area contributed by atoms with E-state index in [4.69, 9.17) is 4.98 Å². The molecular weight excluding hydrogens is 400 g/mol. The van der Waals surface area contributed by atoms with E-state index in [-0.39, 0.29) is 43.5 Å². The third kappa shape index (κ3) is 3.41. The highest BCUT2D eigenvalue weighted by atomic mass is 32.1. The van der Waals surface area contributed by atoms with E-state index in [1.807, 2.05) is 24.3 Å². The molecular formula is C22H22N4O3S. The van der Waals surface area contributed by atoms with Crippen LogP contribution in [-0.2, 0) is 27.2 Å². The summed E-state index contributed by atoms with van der Waals surface area (Å²) in [5, 5.41) is 3.83. The van der Waals surface area contributed by atoms with Crippen LogP contribution in [0.2, 0.25) is 0 Å². The number of nitrogens with zero attached hydrogens (tertiary/aromatic N) is 2. The number of fused-ring (bicyclic) bond motifs is 2. The molecule has 2 N–H and O–H groups in total. The van der Waals surface area contributed by atoms with Crippen LogP contribution >= 0.6 is 11.3 Å². The summed E-state index contributed by atoms with van der Waals surface area (Å²) >= 11 is 1.61. The van der Waals surface area contributed by atoms with E-state index in [0.717, 1.165) is 53.1 Å². The van der Waals surface area contributed by atoms with Crippen LogP contribution in [0.25, 0.3) is 22.4 Å². The molecule has 3 heterocycles. The molecule has 0 bridgehead atoms. The monoisotopic (exact) mass is 422 g/mol. The Balaban J connectivity index is 1.42. The first-order chi connectivity index (χ1) is 14.6. The molecule has 1 aliphatic heterocycles. The molecule has 0 spiro atoms. The number of rotatable bonds is 5. The molecule has 8 heteroatoms. The number of amides is 3. The maximum Gasteiger partial charge on any atom is 0.229 e. The molecule has 1 aliphatic carbocycles. The summed E-state index contributed by atoms with van der Waals surface area (Å²) in [6.45, 7) is 0.133. The van der Waals surface area contributed by atoms with Crippen LogP contribution in [0, 0.1) is 0 Å². The van der Waals surface area contributed by atoms with Gasteiger partial charge >= 0.3 is 0 Å². The highest BCUT2D eigenvalue weighted by Gasteiger charge is 2.29. The summed E-state index contributed by atoms with van der Waals surface area (Å²) in [4.78, 5) is 46.9. The van der Waals surface area contributed by atoms with Gasteiger partial charge in [-0.15, -0.1) is 11.3 Å². The molecule has 1 fully saturated rings. The van der Waals surface area contributed by atoms with Crippen molar-refractivity contribution in [2.45, 2.75) is 44.9 Å². The molecule has 2 aromatic heterocycles. The second-order valence-electron chi connectivity index (χ2n) is 7.75. The number of hydrogen-bond donors (Lipinski definition) is 2. The minimum absolute atomic E-state index is 0.0968. The van der Waals surface area contributed by atoms with Gasteiger partial charge in [0.15, 0.2) is 0 Å². The number of hydrogen-bond acceptors (Lipinski definition) is 5. The van der Waals surface area contributed by atoms with E-state index in [9.17, 15) is 14.4 Å². The highest BCUT2D eigenvalue weighted by molar-refractivity contribution is 7.17. The molecule has 5 rings (SSSR count). The number of aromatic nitrogens is 2. The number of anilines is 1. The molecule has 30 heavy (non-hydrogen) atoms. The number of nitrogens with one attached hydrogen (secondary N) is 2. The van der Waals surface area contributed by atoms with Crippen LogP contribution in [0.5, 0.6) is 0 Å². The van der Waals surface area contributed by atoms with Crippen LogP contribution in [-0.4, -0.2) is 39.1 Å². The minimum Gasteiger partial charge on any atom is -0.338 e. The quantitative estimate of drug-likeness (QED) is 0.614. The number of H-pyrrole nitrogens is 1. The summed E-state index contributed by atoms with van der Waals surface area (Å²) in [6, 6.07) is 7.89. The van der Waals surface area contributed by atoms with E-state index in [2.05, 4.69) is 10.3 Å².